The van der Waals surface area contributed by atoms with Gasteiger partial charge in [-0.25, -0.2) is 0 Å². The molecule has 0 spiro atoms. The van der Waals surface area contributed by atoms with Crippen molar-refractivity contribution in [2.45, 2.75) is 29.7 Å². The number of alkyl halides is 5. The molecule has 0 saturated carbocycles. The van der Waals surface area contributed by atoms with Crippen LogP contribution in [0.15, 0.2) is 0 Å². The molecule has 1 aliphatic heterocycles. The number of halogens is 5. The van der Waals surface area contributed by atoms with Crippen molar-refractivity contribution >= 4 is 11.8 Å². The standard InChI is InChI=1S/C6H7F5OS/c7-5(8,13-6(9,10)11)3-4-1-2-12-4/h4H,1-3H2/t4-/m0/s1. The molecule has 0 aromatic rings. The first-order valence-corrected chi connectivity index (χ1v) is 4.36. The zero-order valence-corrected chi connectivity index (χ0v) is 7.22. The molecule has 1 aliphatic rings. The minimum atomic E-state index is -4.90. The summed E-state index contributed by atoms with van der Waals surface area (Å²) in [5.74, 6) is 0. The highest BCUT2D eigenvalue weighted by Gasteiger charge is 2.46. The Hall–Kier alpha value is -0.0400. The molecule has 78 valence electrons. The average Bonchev–Trinajstić information content (AvgIpc) is 1.73. The van der Waals surface area contributed by atoms with E-state index in [0.29, 0.717) is 13.0 Å². The van der Waals surface area contributed by atoms with Crippen LogP contribution in [0.5, 0.6) is 0 Å². The van der Waals surface area contributed by atoms with E-state index in [4.69, 9.17) is 0 Å². The predicted molar refractivity (Wildman–Crippen MR) is 37.6 cm³/mol. The smallest absolute Gasteiger partial charge is 0.378 e. The van der Waals surface area contributed by atoms with Gasteiger partial charge in [0.1, 0.15) is 0 Å². The summed E-state index contributed by atoms with van der Waals surface area (Å²) in [6, 6.07) is 0. The second-order valence-electron chi connectivity index (χ2n) is 2.67. The molecule has 0 amide bonds. The molecule has 1 rings (SSSR count). The molecule has 1 saturated heterocycles. The van der Waals surface area contributed by atoms with Crippen molar-refractivity contribution in [3.63, 3.8) is 0 Å². The molecule has 1 heterocycles. The van der Waals surface area contributed by atoms with Crippen LogP contribution in [0.1, 0.15) is 12.8 Å². The first-order valence-electron chi connectivity index (χ1n) is 3.55. The van der Waals surface area contributed by atoms with Gasteiger partial charge in [0, 0.05) is 24.8 Å². The molecule has 0 unspecified atom stereocenters. The second kappa shape index (κ2) is 3.61. The van der Waals surface area contributed by atoms with Gasteiger partial charge in [-0.05, 0) is 6.42 Å². The van der Waals surface area contributed by atoms with E-state index in [2.05, 4.69) is 4.74 Å². The van der Waals surface area contributed by atoms with Gasteiger partial charge in [-0.2, -0.15) is 22.0 Å². The lowest BCUT2D eigenvalue weighted by molar-refractivity contribution is -0.0922. The number of hydrogen-bond acceptors (Lipinski definition) is 2. The normalized spacial score (nSPS) is 24.2. The van der Waals surface area contributed by atoms with Gasteiger partial charge < -0.3 is 4.74 Å². The maximum absolute atomic E-state index is 12.6. The Morgan fingerprint density at radius 3 is 2.08 bits per heavy atom. The monoisotopic (exact) mass is 222 g/mol. The molecule has 0 aromatic carbocycles. The molecular formula is C6H7F5OS. The highest BCUT2D eigenvalue weighted by atomic mass is 32.2. The van der Waals surface area contributed by atoms with E-state index in [1.807, 2.05) is 0 Å². The van der Waals surface area contributed by atoms with Crippen molar-refractivity contribution in [1.29, 1.82) is 0 Å². The zero-order chi connectivity index (χ0) is 10.1. The van der Waals surface area contributed by atoms with E-state index < -0.39 is 35.0 Å². The molecule has 13 heavy (non-hydrogen) atoms. The summed E-state index contributed by atoms with van der Waals surface area (Å²) in [7, 11) is 0. The van der Waals surface area contributed by atoms with E-state index in [9.17, 15) is 22.0 Å². The molecule has 0 bridgehead atoms. The Kier molecular flexibility index (Phi) is 3.06. The molecular weight excluding hydrogens is 215 g/mol. The summed E-state index contributed by atoms with van der Waals surface area (Å²) in [6.45, 7) is 0.359. The average molecular weight is 222 g/mol. The van der Waals surface area contributed by atoms with Crippen LogP contribution >= 0.6 is 11.8 Å². The molecule has 7 heteroatoms. The Bertz CT molecular complexity index is 176. The highest BCUT2D eigenvalue weighted by molar-refractivity contribution is 8.01. The molecule has 0 aromatic heterocycles. The fourth-order valence-corrected chi connectivity index (χ4v) is 1.53. The van der Waals surface area contributed by atoms with Crippen molar-refractivity contribution < 1.29 is 26.7 Å². The van der Waals surface area contributed by atoms with Gasteiger partial charge in [0.05, 0.1) is 6.10 Å². The van der Waals surface area contributed by atoms with Crippen molar-refractivity contribution in [2.24, 2.45) is 0 Å². The Labute approximate surface area is 75.6 Å². The van der Waals surface area contributed by atoms with Crippen LogP contribution in [-0.4, -0.2) is 23.5 Å². The maximum Gasteiger partial charge on any atom is 0.447 e. The quantitative estimate of drug-likeness (QED) is 0.679. The summed E-state index contributed by atoms with van der Waals surface area (Å²) in [6.07, 6.45) is -1.17. The third kappa shape index (κ3) is 4.12. The second-order valence-corrected chi connectivity index (χ2v) is 3.94. The minimum Gasteiger partial charge on any atom is -0.378 e. The van der Waals surface area contributed by atoms with E-state index in [1.54, 1.807) is 0 Å². The topological polar surface area (TPSA) is 9.23 Å². The summed E-state index contributed by atoms with van der Waals surface area (Å²) >= 11 is -1.28. The lowest BCUT2D eigenvalue weighted by Crippen LogP contribution is -2.33. The van der Waals surface area contributed by atoms with Gasteiger partial charge in [-0.3, -0.25) is 0 Å². The van der Waals surface area contributed by atoms with Crippen LogP contribution in [0, 0.1) is 0 Å². The summed E-state index contributed by atoms with van der Waals surface area (Å²) in [5.41, 5.74) is -4.90. The van der Waals surface area contributed by atoms with Crippen molar-refractivity contribution in [1.82, 2.24) is 0 Å². The SMILES string of the molecule is FC(F)(F)SC(F)(F)C[C@@H]1CCO1. The molecule has 0 radical (unpaired) electrons. The number of thioether (sulfide) groups is 1. The van der Waals surface area contributed by atoms with Crippen molar-refractivity contribution in [2.75, 3.05) is 6.61 Å². The Morgan fingerprint density at radius 2 is 1.77 bits per heavy atom. The fraction of sp³-hybridized carbons (Fsp3) is 1.00. The number of ether oxygens (including phenoxy) is 1. The highest BCUT2D eigenvalue weighted by Crippen LogP contribution is 2.46. The van der Waals surface area contributed by atoms with Crippen LogP contribution < -0.4 is 0 Å². The zero-order valence-electron chi connectivity index (χ0n) is 6.40. The lowest BCUT2D eigenvalue weighted by atomic mass is 10.1. The van der Waals surface area contributed by atoms with E-state index in [1.165, 1.54) is 0 Å². The molecule has 1 fully saturated rings. The fourth-order valence-electron chi connectivity index (χ4n) is 0.922. The molecule has 0 aliphatic carbocycles. The van der Waals surface area contributed by atoms with E-state index in [-0.39, 0.29) is 0 Å². The Balaban J connectivity index is 2.35. The number of rotatable bonds is 3. The van der Waals surface area contributed by atoms with Gasteiger partial charge in [-0.15, -0.1) is 0 Å². The minimum absolute atomic E-state index is 0.359. The van der Waals surface area contributed by atoms with Gasteiger partial charge >= 0.3 is 10.8 Å². The maximum atomic E-state index is 12.6. The Morgan fingerprint density at radius 1 is 1.23 bits per heavy atom. The van der Waals surface area contributed by atoms with Gasteiger partial charge in [-0.1, -0.05) is 0 Å². The van der Waals surface area contributed by atoms with E-state index in [0.717, 1.165) is 0 Å². The summed E-state index contributed by atoms with van der Waals surface area (Å²) in [4.78, 5) is 0. The van der Waals surface area contributed by atoms with Crippen LogP contribution in [0.25, 0.3) is 0 Å². The van der Waals surface area contributed by atoms with Crippen LogP contribution in [-0.2, 0) is 4.74 Å². The molecule has 1 atom stereocenters. The predicted octanol–water partition coefficient (Wildman–Crippen LogP) is 3.01. The van der Waals surface area contributed by atoms with E-state index >= 15 is 0 Å². The first-order chi connectivity index (χ1) is 5.79. The third-order valence-corrected chi connectivity index (χ3v) is 2.22. The lowest BCUT2D eigenvalue weighted by Gasteiger charge is -2.29. The van der Waals surface area contributed by atoms with Crippen molar-refractivity contribution in [3.8, 4) is 0 Å². The largest absolute Gasteiger partial charge is 0.447 e. The van der Waals surface area contributed by atoms with Gasteiger partial charge in [0.15, 0.2) is 0 Å². The van der Waals surface area contributed by atoms with Crippen LogP contribution in [0.3, 0.4) is 0 Å². The molecule has 1 nitrogen and oxygen atoms in total. The first kappa shape index (κ1) is 11.0. The third-order valence-electron chi connectivity index (χ3n) is 1.52. The van der Waals surface area contributed by atoms with Crippen LogP contribution in [0.2, 0.25) is 0 Å². The van der Waals surface area contributed by atoms with Crippen molar-refractivity contribution in [3.05, 3.63) is 0 Å². The van der Waals surface area contributed by atoms with Crippen LogP contribution in [0.4, 0.5) is 22.0 Å². The summed E-state index contributed by atoms with van der Waals surface area (Å²) in [5, 5.41) is -3.77. The number of hydrogen-bond donors (Lipinski definition) is 0. The van der Waals surface area contributed by atoms with Gasteiger partial charge in [0.2, 0.25) is 0 Å². The summed E-state index contributed by atoms with van der Waals surface area (Å²) < 4.78 is 64.4. The van der Waals surface area contributed by atoms with Gasteiger partial charge in [0.25, 0.3) is 0 Å². The molecule has 0 N–H and O–H groups in total.